The fraction of sp³-hybridized carbons (Fsp3) is 0.455. The number of hydrogen-bond donors (Lipinski definition) is 2. The number of nitrogens with two attached hydrogens (primary N) is 1. The molecule has 1 saturated carbocycles. The van der Waals surface area contributed by atoms with Gasteiger partial charge in [0.2, 0.25) is 0 Å². The summed E-state index contributed by atoms with van der Waals surface area (Å²) in [6.07, 6.45) is -10.1. The highest BCUT2D eigenvalue weighted by molar-refractivity contribution is 5.97. The van der Waals surface area contributed by atoms with E-state index in [1.165, 1.54) is 0 Å². The highest BCUT2D eigenvalue weighted by atomic mass is 19.4. The average molecular weight is 313 g/mol. The predicted molar refractivity (Wildman–Crippen MR) is 59.4 cm³/mol. The van der Waals surface area contributed by atoms with Gasteiger partial charge in [-0.3, -0.25) is 4.79 Å². The van der Waals surface area contributed by atoms with E-state index in [-0.39, 0.29) is 12.8 Å². The molecule has 0 spiro atoms. The molecular weight excluding hydrogens is 304 g/mol. The van der Waals surface area contributed by atoms with E-state index in [1.807, 2.05) is 5.32 Å². The minimum atomic E-state index is -4.85. The van der Waals surface area contributed by atoms with Crippen LogP contribution in [0.15, 0.2) is 12.1 Å². The third-order valence-electron chi connectivity index (χ3n) is 3.10. The Morgan fingerprint density at radius 1 is 1.19 bits per heavy atom. The van der Waals surface area contributed by atoms with E-state index < -0.39 is 40.9 Å². The normalized spacial score (nSPS) is 17.4. The third-order valence-corrected chi connectivity index (χ3v) is 3.10. The maximum Gasteiger partial charge on any atom is 0.433 e. The Balaban J connectivity index is 2.43. The molecular formula is C11H9F6N3O. The van der Waals surface area contributed by atoms with Crippen molar-refractivity contribution in [2.45, 2.75) is 30.7 Å². The molecule has 1 amide bonds. The van der Waals surface area contributed by atoms with Crippen LogP contribution in [0.3, 0.4) is 0 Å². The van der Waals surface area contributed by atoms with Gasteiger partial charge >= 0.3 is 12.4 Å². The zero-order chi connectivity index (χ0) is 16.1. The standard InChI is InChI=1S/C11H9F6N3O/c12-10(13,14)6-2-1-5(7(18)21)8(19-6)20-9(3-4-9)11(15,16)17/h1-2H,3-4H2,(H2,18,21)(H,19,20). The molecule has 0 aromatic carbocycles. The van der Waals surface area contributed by atoms with Gasteiger partial charge in [-0.2, -0.15) is 26.3 Å². The van der Waals surface area contributed by atoms with Crippen molar-refractivity contribution in [2.24, 2.45) is 5.73 Å². The molecule has 0 bridgehead atoms. The van der Waals surface area contributed by atoms with Gasteiger partial charge in [0.15, 0.2) is 0 Å². The van der Waals surface area contributed by atoms with Crippen LogP contribution in [0, 0.1) is 0 Å². The summed E-state index contributed by atoms with van der Waals surface area (Å²) >= 11 is 0. The molecule has 1 aliphatic carbocycles. The van der Waals surface area contributed by atoms with E-state index in [1.54, 1.807) is 0 Å². The number of halogens is 6. The molecule has 116 valence electrons. The first-order valence-corrected chi connectivity index (χ1v) is 5.69. The highest BCUT2D eigenvalue weighted by Gasteiger charge is 2.64. The fourth-order valence-corrected chi connectivity index (χ4v) is 1.74. The molecule has 0 unspecified atom stereocenters. The fourth-order valence-electron chi connectivity index (χ4n) is 1.74. The third kappa shape index (κ3) is 2.88. The number of nitrogens with one attached hydrogen (secondary N) is 1. The first-order valence-electron chi connectivity index (χ1n) is 5.69. The van der Waals surface area contributed by atoms with Crippen molar-refractivity contribution in [3.05, 3.63) is 23.4 Å². The molecule has 0 aliphatic heterocycles. The summed E-state index contributed by atoms with van der Waals surface area (Å²) in [7, 11) is 0. The van der Waals surface area contributed by atoms with Crippen molar-refractivity contribution < 1.29 is 31.1 Å². The number of anilines is 1. The summed E-state index contributed by atoms with van der Waals surface area (Å²) in [5.41, 5.74) is 0.649. The van der Waals surface area contributed by atoms with Crippen molar-refractivity contribution in [3.8, 4) is 0 Å². The molecule has 1 fully saturated rings. The minimum absolute atomic E-state index is 0.313. The molecule has 4 nitrogen and oxygen atoms in total. The monoisotopic (exact) mass is 313 g/mol. The summed E-state index contributed by atoms with van der Waals surface area (Å²) in [5.74, 6) is -1.98. The zero-order valence-corrected chi connectivity index (χ0v) is 10.3. The number of primary amides is 1. The Labute approximate surface area is 114 Å². The van der Waals surface area contributed by atoms with Crippen LogP contribution in [0.4, 0.5) is 32.2 Å². The van der Waals surface area contributed by atoms with Crippen molar-refractivity contribution in [1.82, 2.24) is 4.98 Å². The van der Waals surface area contributed by atoms with E-state index >= 15 is 0 Å². The number of alkyl halides is 6. The topological polar surface area (TPSA) is 68.0 Å². The Kier molecular flexibility index (Phi) is 3.30. The second-order valence-electron chi connectivity index (χ2n) is 4.66. The molecule has 0 atom stereocenters. The van der Waals surface area contributed by atoms with Crippen LogP contribution >= 0.6 is 0 Å². The van der Waals surface area contributed by atoms with E-state index in [9.17, 15) is 31.1 Å². The molecule has 2 rings (SSSR count). The van der Waals surface area contributed by atoms with E-state index in [4.69, 9.17) is 5.73 Å². The Morgan fingerprint density at radius 3 is 2.14 bits per heavy atom. The van der Waals surface area contributed by atoms with Gasteiger partial charge in [0, 0.05) is 0 Å². The van der Waals surface area contributed by atoms with Gasteiger partial charge in [0.05, 0.1) is 5.56 Å². The molecule has 3 N–H and O–H groups in total. The lowest BCUT2D eigenvalue weighted by molar-refractivity contribution is -0.151. The lowest BCUT2D eigenvalue weighted by Gasteiger charge is -2.22. The van der Waals surface area contributed by atoms with Crippen molar-refractivity contribution in [2.75, 3.05) is 5.32 Å². The molecule has 0 radical (unpaired) electrons. The molecule has 1 aromatic heterocycles. The predicted octanol–water partition coefficient (Wildman–Crippen LogP) is 2.71. The second kappa shape index (κ2) is 4.50. The van der Waals surface area contributed by atoms with Gasteiger partial charge in [-0.25, -0.2) is 4.98 Å². The second-order valence-corrected chi connectivity index (χ2v) is 4.66. The van der Waals surface area contributed by atoms with Crippen LogP contribution in [0.5, 0.6) is 0 Å². The maximum absolute atomic E-state index is 12.8. The first kappa shape index (κ1) is 15.4. The number of carbonyl (C=O) groups is 1. The number of hydrogen-bond acceptors (Lipinski definition) is 3. The number of aromatic nitrogens is 1. The number of pyridine rings is 1. The van der Waals surface area contributed by atoms with Crippen molar-refractivity contribution in [1.29, 1.82) is 0 Å². The largest absolute Gasteiger partial charge is 0.433 e. The zero-order valence-electron chi connectivity index (χ0n) is 10.3. The Hall–Kier alpha value is -2.00. The number of amides is 1. The van der Waals surface area contributed by atoms with Crippen LogP contribution in [0.25, 0.3) is 0 Å². The van der Waals surface area contributed by atoms with Gasteiger partial charge in [-0.05, 0) is 25.0 Å². The van der Waals surface area contributed by atoms with Crippen LogP contribution in [-0.2, 0) is 6.18 Å². The van der Waals surface area contributed by atoms with Gasteiger partial charge in [0.25, 0.3) is 5.91 Å². The van der Waals surface area contributed by atoms with E-state index in [2.05, 4.69) is 4.98 Å². The Morgan fingerprint density at radius 2 is 1.76 bits per heavy atom. The van der Waals surface area contributed by atoms with E-state index in [0.29, 0.717) is 12.1 Å². The maximum atomic E-state index is 12.8. The van der Waals surface area contributed by atoms with Gasteiger partial charge in [0.1, 0.15) is 17.1 Å². The quantitative estimate of drug-likeness (QED) is 0.843. The molecule has 10 heteroatoms. The van der Waals surface area contributed by atoms with Crippen molar-refractivity contribution >= 4 is 11.7 Å². The molecule has 1 aliphatic rings. The SMILES string of the molecule is NC(=O)c1ccc(C(F)(F)F)nc1NC1(C(F)(F)F)CC1. The Bertz CT molecular complexity index is 576. The summed E-state index contributed by atoms with van der Waals surface area (Å²) in [6.45, 7) is 0. The minimum Gasteiger partial charge on any atom is -0.365 e. The molecule has 1 aromatic rings. The lowest BCUT2D eigenvalue weighted by atomic mass is 10.2. The average Bonchev–Trinajstić information content (AvgIpc) is 3.07. The summed E-state index contributed by atoms with van der Waals surface area (Å²) < 4.78 is 76.1. The first-order chi connectivity index (χ1) is 9.46. The number of nitrogens with zero attached hydrogens (tertiary/aromatic N) is 1. The van der Waals surface area contributed by atoms with Crippen LogP contribution in [-0.4, -0.2) is 22.6 Å². The molecule has 21 heavy (non-hydrogen) atoms. The van der Waals surface area contributed by atoms with Gasteiger partial charge in [-0.15, -0.1) is 0 Å². The van der Waals surface area contributed by atoms with Crippen LogP contribution < -0.4 is 11.1 Å². The number of carbonyl (C=O) groups excluding carboxylic acids is 1. The number of rotatable bonds is 3. The summed E-state index contributed by atoms with van der Waals surface area (Å²) in [5, 5.41) is 1.89. The van der Waals surface area contributed by atoms with E-state index in [0.717, 1.165) is 0 Å². The summed E-state index contributed by atoms with van der Waals surface area (Å²) in [4.78, 5) is 14.2. The molecule has 1 heterocycles. The van der Waals surface area contributed by atoms with Crippen LogP contribution in [0.1, 0.15) is 28.9 Å². The van der Waals surface area contributed by atoms with Gasteiger partial charge in [-0.1, -0.05) is 0 Å². The summed E-state index contributed by atoms with van der Waals surface area (Å²) in [6, 6.07) is 1.19. The van der Waals surface area contributed by atoms with Crippen molar-refractivity contribution in [3.63, 3.8) is 0 Å². The highest BCUT2D eigenvalue weighted by Crippen LogP contribution is 2.51. The molecule has 0 saturated heterocycles. The van der Waals surface area contributed by atoms with Crippen LogP contribution in [0.2, 0.25) is 0 Å². The van der Waals surface area contributed by atoms with Gasteiger partial charge < -0.3 is 11.1 Å². The smallest absolute Gasteiger partial charge is 0.365 e. The lowest BCUT2D eigenvalue weighted by Crippen LogP contribution is -2.39.